The monoisotopic (exact) mass is 644 g/mol. The van der Waals surface area contributed by atoms with Crippen molar-refractivity contribution in [1.29, 1.82) is 0 Å². The number of benzene rings is 2. The quantitative estimate of drug-likeness (QED) is 0.0703. The van der Waals surface area contributed by atoms with Gasteiger partial charge in [0, 0.05) is 6.42 Å². The highest BCUT2D eigenvalue weighted by molar-refractivity contribution is 6.99. The second-order valence-corrected chi connectivity index (χ2v) is 16.8. The van der Waals surface area contributed by atoms with Crippen LogP contribution in [0, 0.1) is 0 Å². The van der Waals surface area contributed by atoms with Crippen molar-refractivity contribution in [1.82, 2.24) is 0 Å². The van der Waals surface area contributed by atoms with Crippen LogP contribution in [-0.2, 0) is 23.4 Å². The molecule has 7 heteroatoms. The van der Waals surface area contributed by atoms with Gasteiger partial charge >= 0.3 is 12.1 Å². The molecule has 3 rings (SSSR count). The van der Waals surface area contributed by atoms with Crippen molar-refractivity contribution in [3.63, 3.8) is 0 Å². The Morgan fingerprint density at radius 2 is 1.46 bits per heavy atom. The van der Waals surface area contributed by atoms with Gasteiger partial charge in [0.2, 0.25) is 0 Å². The van der Waals surface area contributed by atoms with E-state index in [1.807, 2.05) is 61.6 Å². The Morgan fingerprint density at radius 1 is 0.848 bits per heavy atom. The number of esters is 1. The molecular weight excluding hydrogens is 593 g/mol. The summed E-state index contributed by atoms with van der Waals surface area (Å²) in [5, 5.41) is 2.27. The van der Waals surface area contributed by atoms with Gasteiger partial charge in [0.15, 0.2) is 6.10 Å². The second kappa shape index (κ2) is 19.1. The number of allylic oxidation sites excluding steroid dienone is 6. The van der Waals surface area contributed by atoms with E-state index in [1.54, 1.807) is 0 Å². The van der Waals surface area contributed by atoms with Gasteiger partial charge in [-0.1, -0.05) is 144 Å². The van der Waals surface area contributed by atoms with E-state index in [9.17, 15) is 9.59 Å². The van der Waals surface area contributed by atoms with Gasteiger partial charge in [-0.15, -0.1) is 0 Å². The molecule has 0 N–H and O–H groups in total. The summed E-state index contributed by atoms with van der Waals surface area (Å²) in [5.74, 6) is -0.181. The number of hydrogen-bond acceptors (Lipinski definition) is 6. The van der Waals surface area contributed by atoms with Crippen molar-refractivity contribution < 1.29 is 28.2 Å². The number of rotatable bonds is 18. The van der Waals surface area contributed by atoms with Crippen LogP contribution in [0.4, 0.5) is 4.79 Å². The minimum Gasteiger partial charge on any atom is -0.466 e. The van der Waals surface area contributed by atoms with Crippen LogP contribution in [0.2, 0.25) is 5.04 Å². The molecule has 0 radical (unpaired) electrons. The van der Waals surface area contributed by atoms with E-state index in [-0.39, 0.29) is 29.3 Å². The topological polar surface area (TPSA) is 71.1 Å². The average Bonchev–Trinajstić information content (AvgIpc) is 3.39. The highest BCUT2D eigenvalue weighted by atomic mass is 28.4. The summed E-state index contributed by atoms with van der Waals surface area (Å²) in [6, 6.07) is 21.2. The Bertz CT molecular complexity index is 1270. The molecule has 1 fully saturated rings. The molecule has 3 atom stereocenters. The van der Waals surface area contributed by atoms with E-state index in [1.165, 1.54) is 10.4 Å². The lowest BCUT2D eigenvalue weighted by molar-refractivity contribution is -0.143. The summed E-state index contributed by atoms with van der Waals surface area (Å²) >= 11 is 0. The third-order valence-electron chi connectivity index (χ3n) is 8.04. The Kier molecular flexibility index (Phi) is 15.3. The fourth-order valence-corrected chi connectivity index (χ4v) is 10.5. The van der Waals surface area contributed by atoms with Gasteiger partial charge in [-0.25, -0.2) is 4.79 Å². The maximum atomic E-state index is 12.1. The third kappa shape index (κ3) is 11.0. The Morgan fingerprint density at radius 3 is 2.04 bits per heavy atom. The van der Waals surface area contributed by atoms with E-state index in [0.29, 0.717) is 25.9 Å². The van der Waals surface area contributed by atoms with E-state index >= 15 is 0 Å². The number of ether oxygens (including phenoxy) is 3. The molecule has 1 aliphatic heterocycles. The molecule has 1 saturated heterocycles. The number of hydrogen-bond donors (Lipinski definition) is 0. The molecule has 2 aromatic rings. The minimum absolute atomic E-state index is 0.165. The van der Waals surface area contributed by atoms with Crippen molar-refractivity contribution in [3.8, 4) is 0 Å². The SMILES string of the molecule is CCCCC[C@@H]1OC(=O)O[C@@H]1/C=C/C=C/C=C\C=C\[C@H](CCCC(=O)OCC)O[Si](c1ccccc1)(c1ccccc1)C(C)(C)C. The maximum absolute atomic E-state index is 12.1. The van der Waals surface area contributed by atoms with Crippen molar-refractivity contribution in [2.45, 2.75) is 103 Å². The Balaban J connectivity index is 1.78. The van der Waals surface area contributed by atoms with Gasteiger partial charge in [-0.05, 0) is 54.1 Å². The molecule has 46 heavy (non-hydrogen) atoms. The predicted octanol–water partition coefficient (Wildman–Crippen LogP) is 8.37. The van der Waals surface area contributed by atoms with Crippen LogP contribution in [0.15, 0.2) is 109 Å². The normalized spacial score (nSPS) is 18.1. The number of carbonyl (C=O) groups excluding carboxylic acids is 2. The average molecular weight is 645 g/mol. The lowest BCUT2D eigenvalue weighted by atomic mass is 10.1. The first-order chi connectivity index (χ1) is 22.2. The summed E-state index contributed by atoms with van der Waals surface area (Å²) in [7, 11) is -2.79. The number of carbonyl (C=O) groups is 2. The first-order valence-electron chi connectivity index (χ1n) is 16.7. The fourth-order valence-electron chi connectivity index (χ4n) is 5.80. The van der Waals surface area contributed by atoms with E-state index < -0.39 is 14.5 Å². The Labute approximate surface area is 277 Å². The van der Waals surface area contributed by atoms with E-state index in [2.05, 4.69) is 82.3 Å². The van der Waals surface area contributed by atoms with Crippen LogP contribution >= 0.6 is 0 Å². The van der Waals surface area contributed by atoms with Crippen LogP contribution in [0.25, 0.3) is 0 Å². The zero-order valence-electron chi connectivity index (χ0n) is 28.2. The van der Waals surface area contributed by atoms with Gasteiger partial charge in [0.1, 0.15) is 6.10 Å². The van der Waals surface area contributed by atoms with Gasteiger partial charge in [0.25, 0.3) is 8.32 Å². The summed E-state index contributed by atoms with van der Waals surface area (Å²) in [4.78, 5) is 23.8. The van der Waals surface area contributed by atoms with Gasteiger partial charge in [-0.2, -0.15) is 0 Å². The molecule has 0 saturated carbocycles. The largest absolute Gasteiger partial charge is 0.509 e. The zero-order chi connectivity index (χ0) is 33.3. The van der Waals surface area contributed by atoms with Crippen LogP contribution < -0.4 is 10.4 Å². The molecule has 0 aliphatic carbocycles. The van der Waals surface area contributed by atoms with E-state index in [4.69, 9.17) is 18.6 Å². The Hall–Kier alpha value is -3.68. The van der Waals surface area contributed by atoms with Crippen molar-refractivity contribution in [2.75, 3.05) is 6.61 Å². The summed E-state index contributed by atoms with van der Waals surface area (Å²) in [6.45, 7) is 11.2. The summed E-state index contributed by atoms with van der Waals surface area (Å²) in [5.41, 5.74) is 0. The van der Waals surface area contributed by atoms with Crippen LogP contribution in [0.3, 0.4) is 0 Å². The van der Waals surface area contributed by atoms with E-state index in [0.717, 1.165) is 25.7 Å². The molecule has 0 spiro atoms. The van der Waals surface area contributed by atoms with Crippen LogP contribution in [-0.4, -0.2) is 45.4 Å². The molecule has 0 bridgehead atoms. The summed E-state index contributed by atoms with van der Waals surface area (Å²) in [6.07, 6.45) is 20.0. The lowest BCUT2D eigenvalue weighted by Crippen LogP contribution is -2.67. The molecule has 248 valence electrons. The lowest BCUT2D eigenvalue weighted by Gasteiger charge is -2.44. The standard InChI is InChI=1S/C39H52O6Si/c1-6-8-15-29-35-36(44-38(41)43-35)30-21-12-10-9-11-16-23-32(24-22-31-37(40)42-7-2)45-46(39(3,4)5,33-25-17-13-18-26-33)34-27-19-14-20-28-34/h9-14,16-21,23,25-28,30,32,35-36H,6-8,15,22,24,29,31H2,1-5H3/b11-9-,12-10+,23-16+,30-21+/t32-,35+,36-/m1/s1. The number of cyclic esters (lactones) is 2. The molecule has 1 heterocycles. The van der Waals surface area contributed by atoms with Gasteiger partial charge in [-0.3, -0.25) is 4.79 Å². The minimum atomic E-state index is -2.79. The highest BCUT2D eigenvalue weighted by Crippen LogP contribution is 2.38. The van der Waals surface area contributed by atoms with Gasteiger partial charge < -0.3 is 18.6 Å². The first-order valence-corrected chi connectivity index (χ1v) is 18.6. The van der Waals surface area contributed by atoms with Crippen molar-refractivity contribution >= 4 is 30.8 Å². The molecule has 2 aromatic carbocycles. The van der Waals surface area contributed by atoms with Crippen molar-refractivity contribution in [3.05, 3.63) is 109 Å². The maximum Gasteiger partial charge on any atom is 0.509 e. The molecule has 1 aliphatic rings. The smallest absolute Gasteiger partial charge is 0.466 e. The zero-order valence-corrected chi connectivity index (χ0v) is 29.2. The molecular formula is C39H52O6Si. The molecule has 6 nitrogen and oxygen atoms in total. The van der Waals surface area contributed by atoms with Crippen LogP contribution in [0.5, 0.6) is 0 Å². The van der Waals surface area contributed by atoms with Gasteiger partial charge in [0.05, 0.1) is 12.7 Å². The molecule has 0 amide bonds. The molecule has 0 unspecified atom stereocenters. The fraction of sp³-hybridized carbons (Fsp3) is 0.436. The van der Waals surface area contributed by atoms with Crippen LogP contribution in [0.1, 0.15) is 79.6 Å². The van der Waals surface area contributed by atoms with Crippen molar-refractivity contribution in [2.24, 2.45) is 0 Å². The predicted molar refractivity (Wildman–Crippen MR) is 189 cm³/mol. The number of unbranched alkanes of at least 4 members (excludes halogenated alkanes) is 2. The third-order valence-corrected chi connectivity index (χ3v) is 13.1. The first kappa shape index (κ1) is 36.8. The molecule has 0 aromatic heterocycles. The highest BCUT2D eigenvalue weighted by Gasteiger charge is 2.51. The summed E-state index contributed by atoms with van der Waals surface area (Å²) < 4.78 is 23.2. The second-order valence-electron chi connectivity index (χ2n) is 12.5.